The fourth-order valence-corrected chi connectivity index (χ4v) is 2.98. The van der Waals surface area contributed by atoms with Crippen molar-refractivity contribution in [3.05, 3.63) is 30.1 Å². The molecule has 0 spiro atoms. The summed E-state index contributed by atoms with van der Waals surface area (Å²) in [6.45, 7) is 6.11. The molecule has 3 nitrogen and oxygen atoms in total. The number of Topliss-reactive ketones (excluding diaryl/α,β-unsaturated/α-hetero) is 2. The highest BCUT2D eigenvalue weighted by Gasteiger charge is 2.41. The third-order valence-corrected chi connectivity index (χ3v) is 4.18. The largest absolute Gasteiger partial charge is 0.299 e. The molecule has 102 valence electrons. The molecule has 0 bridgehead atoms. The van der Waals surface area contributed by atoms with Gasteiger partial charge in [-0.1, -0.05) is 26.8 Å². The zero-order chi connectivity index (χ0) is 14.0. The first-order valence-electron chi connectivity index (χ1n) is 7.01. The first-order valence-corrected chi connectivity index (χ1v) is 7.01. The monoisotopic (exact) mass is 259 g/mol. The highest BCUT2D eigenvalue weighted by Crippen LogP contribution is 2.36. The van der Waals surface area contributed by atoms with E-state index >= 15 is 0 Å². The molecular formula is C16H21NO2. The zero-order valence-electron chi connectivity index (χ0n) is 11.8. The maximum Gasteiger partial charge on any atom is 0.191 e. The smallest absolute Gasteiger partial charge is 0.191 e. The Labute approximate surface area is 114 Å². The van der Waals surface area contributed by atoms with Gasteiger partial charge >= 0.3 is 0 Å². The maximum absolute atomic E-state index is 12.5. The predicted octanol–water partition coefficient (Wildman–Crippen LogP) is 3.15. The van der Waals surface area contributed by atoms with E-state index in [1.54, 1.807) is 24.4 Å². The average molecular weight is 259 g/mol. The molecule has 2 rings (SSSR count). The second-order valence-corrected chi connectivity index (χ2v) is 5.86. The Morgan fingerprint density at radius 1 is 1.32 bits per heavy atom. The molecular weight excluding hydrogens is 238 g/mol. The highest BCUT2D eigenvalue weighted by atomic mass is 16.2. The lowest BCUT2D eigenvalue weighted by Gasteiger charge is -2.33. The van der Waals surface area contributed by atoms with E-state index in [0.29, 0.717) is 11.6 Å². The molecule has 0 radical (unpaired) electrons. The molecule has 0 saturated heterocycles. The van der Waals surface area contributed by atoms with Crippen LogP contribution in [-0.4, -0.2) is 16.6 Å². The van der Waals surface area contributed by atoms with Gasteiger partial charge in [-0.15, -0.1) is 0 Å². The van der Waals surface area contributed by atoms with Crippen molar-refractivity contribution in [3.8, 4) is 0 Å². The number of carbonyl (C=O) groups is 2. The van der Waals surface area contributed by atoms with E-state index in [1.165, 1.54) is 0 Å². The number of aromatic nitrogens is 1. The first-order chi connectivity index (χ1) is 9.02. The van der Waals surface area contributed by atoms with Crippen LogP contribution < -0.4 is 0 Å². The first kappa shape index (κ1) is 13.9. The number of hydrogen-bond acceptors (Lipinski definition) is 3. The van der Waals surface area contributed by atoms with E-state index in [9.17, 15) is 9.59 Å². The number of rotatable bonds is 3. The fourth-order valence-electron chi connectivity index (χ4n) is 2.98. The van der Waals surface area contributed by atoms with Gasteiger partial charge in [-0.25, -0.2) is 0 Å². The van der Waals surface area contributed by atoms with Crippen LogP contribution in [0.25, 0.3) is 0 Å². The number of nitrogens with zero attached hydrogens (tertiary/aromatic N) is 1. The SMILES string of the molecule is CC(C)[C@@H]1CC[C@@H](C)C(C(=O)c2ccccn2)C1=O. The summed E-state index contributed by atoms with van der Waals surface area (Å²) in [6, 6.07) is 5.26. The van der Waals surface area contributed by atoms with Gasteiger partial charge in [0.25, 0.3) is 0 Å². The lowest BCUT2D eigenvalue weighted by atomic mass is 9.68. The van der Waals surface area contributed by atoms with Gasteiger partial charge in [-0.3, -0.25) is 14.6 Å². The predicted molar refractivity (Wildman–Crippen MR) is 73.8 cm³/mol. The molecule has 0 amide bonds. The topological polar surface area (TPSA) is 47.0 Å². The van der Waals surface area contributed by atoms with Gasteiger partial charge < -0.3 is 0 Å². The summed E-state index contributed by atoms with van der Waals surface area (Å²) in [4.78, 5) is 29.1. The summed E-state index contributed by atoms with van der Waals surface area (Å²) in [5, 5.41) is 0. The van der Waals surface area contributed by atoms with Crippen molar-refractivity contribution in [2.75, 3.05) is 0 Å². The van der Waals surface area contributed by atoms with E-state index in [2.05, 4.69) is 18.8 Å². The summed E-state index contributed by atoms with van der Waals surface area (Å²) in [5.74, 6) is -0.0474. The van der Waals surface area contributed by atoms with Crippen LogP contribution in [0.3, 0.4) is 0 Å². The van der Waals surface area contributed by atoms with E-state index in [-0.39, 0.29) is 23.4 Å². The molecule has 19 heavy (non-hydrogen) atoms. The molecule has 1 fully saturated rings. The van der Waals surface area contributed by atoms with Crippen LogP contribution >= 0.6 is 0 Å². The standard InChI is InChI=1S/C16H21NO2/c1-10(2)12-8-7-11(3)14(15(12)18)16(19)13-6-4-5-9-17-13/h4-6,9-12,14H,7-8H2,1-3H3/t11-,12+,14?/m1/s1. The fraction of sp³-hybridized carbons (Fsp3) is 0.562. The van der Waals surface area contributed by atoms with Crippen LogP contribution in [0.4, 0.5) is 0 Å². The Kier molecular flexibility index (Phi) is 4.13. The van der Waals surface area contributed by atoms with Crippen LogP contribution in [0.15, 0.2) is 24.4 Å². The Balaban J connectivity index is 2.26. The molecule has 0 aliphatic heterocycles. The summed E-state index contributed by atoms with van der Waals surface area (Å²) in [7, 11) is 0. The van der Waals surface area contributed by atoms with Crippen molar-refractivity contribution < 1.29 is 9.59 Å². The van der Waals surface area contributed by atoms with E-state index in [4.69, 9.17) is 0 Å². The lowest BCUT2D eigenvalue weighted by Crippen LogP contribution is -2.41. The van der Waals surface area contributed by atoms with Crippen LogP contribution in [0, 0.1) is 23.7 Å². The van der Waals surface area contributed by atoms with E-state index < -0.39 is 5.92 Å². The lowest BCUT2D eigenvalue weighted by molar-refractivity contribution is -0.130. The quantitative estimate of drug-likeness (QED) is 0.619. The average Bonchev–Trinajstić information content (AvgIpc) is 2.39. The van der Waals surface area contributed by atoms with Crippen molar-refractivity contribution in [3.63, 3.8) is 0 Å². The van der Waals surface area contributed by atoms with Crippen molar-refractivity contribution >= 4 is 11.6 Å². The molecule has 1 aromatic rings. The Hall–Kier alpha value is -1.51. The van der Waals surface area contributed by atoms with Crippen LogP contribution in [0.1, 0.15) is 44.1 Å². The minimum absolute atomic E-state index is 0.0221. The van der Waals surface area contributed by atoms with Gasteiger partial charge in [0.1, 0.15) is 11.5 Å². The van der Waals surface area contributed by atoms with Gasteiger partial charge in [0.2, 0.25) is 0 Å². The zero-order valence-corrected chi connectivity index (χ0v) is 11.8. The third-order valence-electron chi connectivity index (χ3n) is 4.18. The molecule has 0 aromatic carbocycles. The van der Waals surface area contributed by atoms with Gasteiger partial charge in [-0.05, 0) is 36.8 Å². The molecule has 1 heterocycles. The van der Waals surface area contributed by atoms with Gasteiger partial charge in [-0.2, -0.15) is 0 Å². The number of hydrogen-bond donors (Lipinski definition) is 0. The molecule has 3 heteroatoms. The van der Waals surface area contributed by atoms with Crippen LogP contribution in [0.5, 0.6) is 0 Å². The molecule has 1 aliphatic rings. The second-order valence-electron chi connectivity index (χ2n) is 5.86. The molecule has 1 aliphatic carbocycles. The Morgan fingerprint density at radius 3 is 2.63 bits per heavy atom. The van der Waals surface area contributed by atoms with E-state index in [0.717, 1.165) is 12.8 Å². The summed E-state index contributed by atoms with van der Waals surface area (Å²) < 4.78 is 0. The van der Waals surface area contributed by atoms with Crippen LogP contribution in [0.2, 0.25) is 0 Å². The second kappa shape index (κ2) is 5.64. The summed E-state index contributed by atoms with van der Waals surface area (Å²) >= 11 is 0. The molecule has 3 atom stereocenters. The molecule has 1 saturated carbocycles. The normalized spacial score (nSPS) is 27.6. The maximum atomic E-state index is 12.5. The number of carbonyl (C=O) groups excluding carboxylic acids is 2. The van der Waals surface area contributed by atoms with Crippen molar-refractivity contribution in [2.24, 2.45) is 23.7 Å². The summed E-state index contributed by atoms with van der Waals surface area (Å²) in [6.07, 6.45) is 3.45. The molecule has 1 aromatic heterocycles. The summed E-state index contributed by atoms with van der Waals surface area (Å²) in [5.41, 5.74) is 0.414. The van der Waals surface area contributed by atoms with Gasteiger partial charge in [0.05, 0.1) is 5.92 Å². The molecule has 0 N–H and O–H groups in total. The number of ketones is 2. The van der Waals surface area contributed by atoms with E-state index in [1.807, 2.05) is 6.92 Å². The highest BCUT2D eigenvalue weighted by molar-refractivity contribution is 6.11. The minimum atomic E-state index is -0.504. The molecule has 1 unspecified atom stereocenters. The Morgan fingerprint density at radius 2 is 2.05 bits per heavy atom. The minimum Gasteiger partial charge on any atom is -0.299 e. The van der Waals surface area contributed by atoms with Crippen molar-refractivity contribution in [1.82, 2.24) is 4.98 Å². The van der Waals surface area contributed by atoms with Crippen molar-refractivity contribution in [1.29, 1.82) is 0 Å². The van der Waals surface area contributed by atoms with Gasteiger partial charge in [0.15, 0.2) is 5.78 Å². The van der Waals surface area contributed by atoms with Crippen molar-refractivity contribution in [2.45, 2.75) is 33.6 Å². The third kappa shape index (κ3) is 2.75. The van der Waals surface area contributed by atoms with Crippen LogP contribution in [-0.2, 0) is 4.79 Å². The Bertz CT molecular complexity index is 467. The number of pyridine rings is 1. The van der Waals surface area contributed by atoms with Gasteiger partial charge in [0, 0.05) is 12.1 Å².